The minimum absolute atomic E-state index is 0.0685. The number of aliphatic hydroxyl groups excluding tert-OH is 1. The Labute approximate surface area is 94.4 Å². The number of carbonyl (C=O) groups is 1. The van der Waals surface area contributed by atoms with E-state index in [2.05, 4.69) is 20.7 Å². The summed E-state index contributed by atoms with van der Waals surface area (Å²) in [5, 5.41) is 21.7. The average Bonchev–Trinajstić information content (AvgIpc) is 2.85. The summed E-state index contributed by atoms with van der Waals surface area (Å²) in [5.41, 5.74) is 0.0263. The third kappa shape index (κ3) is 2.79. The number of hydrogen-bond acceptors (Lipinski definition) is 4. The number of aromatic amines is 1. The van der Waals surface area contributed by atoms with E-state index in [-0.39, 0.29) is 23.6 Å². The second kappa shape index (κ2) is 5.60. The molecule has 1 rings (SSSR count). The molecule has 0 aromatic carbocycles. The molecule has 1 aromatic rings. The lowest BCUT2D eigenvalue weighted by atomic mass is 9.83. The van der Waals surface area contributed by atoms with E-state index in [4.69, 9.17) is 0 Å². The lowest BCUT2D eigenvalue weighted by Gasteiger charge is -2.29. The normalized spacial score (nSPS) is 11.4. The molecule has 0 radical (unpaired) electrons. The summed E-state index contributed by atoms with van der Waals surface area (Å²) in [7, 11) is 0. The van der Waals surface area contributed by atoms with Crippen LogP contribution in [0.2, 0.25) is 0 Å². The van der Waals surface area contributed by atoms with Crippen LogP contribution in [-0.2, 0) is 0 Å². The Morgan fingerprint density at radius 3 is 2.69 bits per heavy atom. The number of hydrogen-bond donors (Lipinski definition) is 3. The highest BCUT2D eigenvalue weighted by Gasteiger charge is 2.26. The molecule has 0 aliphatic rings. The smallest absolute Gasteiger partial charge is 0.273 e. The number of amides is 1. The predicted octanol–water partition coefficient (Wildman–Crippen LogP) is 0.333. The fourth-order valence-electron chi connectivity index (χ4n) is 1.45. The van der Waals surface area contributed by atoms with Gasteiger partial charge in [-0.05, 0) is 12.8 Å². The van der Waals surface area contributed by atoms with Crippen LogP contribution in [0.15, 0.2) is 6.20 Å². The van der Waals surface area contributed by atoms with Gasteiger partial charge in [-0.25, -0.2) is 0 Å². The molecule has 1 aromatic heterocycles. The number of carbonyl (C=O) groups excluding carboxylic acids is 1. The Kier molecular flexibility index (Phi) is 4.42. The highest BCUT2D eigenvalue weighted by atomic mass is 16.3. The second-order valence-corrected chi connectivity index (χ2v) is 3.90. The van der Waals surface area contributed by atoms with Gasteiger partial charge in [0, 0.05) is 12.0 Å². The molecule has 0 unspecified atom stereocenters. The van der Waals surface area contributed by atoms with Crippen LogP contribution in [-0.4, -0.2) is 39.6 Å². The van der Waals surface area contributed by atoms with Crippen molar-refractivity contribution in [2.24, 2.45) is 5.41 Å². The first-order valence-electron chi connectivity index (χ1n) is 5.42. The van der Waals surface area contributed by atoms with Gasteiger partial charge in [0.1, 0.15) is 0 Å². The van der Waals surface area contributed by atoms with Crippen molar-refractivity contribution in [3.8, 4) is 0 Å². The van der Waals surface area contributed by atoms with Gasteiger partial charge in [-0.2, -0.15) is 15.4 Å². The van der Waals surface area contributed by atoms with Crippen LogP contribution in [0.3, 0.4) is 0 Å². The van der Waals surface area contributed by atoms with Crippen molar-refractivity contribution in [1.29, 1.82) is 0 Å². The van der Waals surface area contributed by atoms with E-state index in [0.717, 1.165) is 12.8 Å². The van der Waals surface area contributed by atoms with Crippen molar-refractivity contribution in [2.75, 3.05) is 13.2 Å². The largest absolute Gasteiger partial charge is 0.396 e. The Balaban J connectivity index is 2.53. The van der Waals surface area contributed by atoms with Gasteiger partial charge in [-0.1, -0.05) is 13.8 Å². The third-order valence-electron chi connectivity index (χ3n) is 3.11. The summed E-state index contributed by atoms with van der Waals surface area (Å²) in [4.78, 5) is 11.6. The molecule has 0 spiro atoms. The Hall–Kier alpha value is -1.43. The Morgan fingerprint density at radius 1 is 1.56 bits per heavy atom. The first kappa shape index (κ1) is 12.6. The Bertz CT molecular complexity index is 311. The number of aromatic nitrogens is 3. The minimum atomic E-state index is -0.270. The number of rotatable bonds is 6. The summed E-state index contributed by atoms with van der Waals surface area (Å²) >= 11 is 0. The maximum Gasteiger partial charge on any atom is 0.273 e. The summed E-state index contributed by atoms with van der Waals surface area (Å²) in [6.07, 6.45) is 3.01. The zero-order valence-corrected chi connectivity index (χ0v) is 9.66. The SMILES string of the molecule is CCC(CC)(CO)CNC(=O)c1cn[nH]n1. The van der Waals surface area contributed by atoms with E-state index >= 15 is 0 Å². The van der Waals surface area contributed by atoms with Crippen molar-refractivity contribution in [2.45, 2.75) is 26.7 Å². The molecule has 3 N–H and O–H groups in total. The van der Waals surface area contributed by atoms with Crippen molar-refractivity contribution >= 4 is 5.91 Å². The number of H-pyrrole nitrogens is 1. The number of aliphatic hydroxyl groups is 1. The van der Waals surface area contributed by atoms with Crippen LogP contribution < -0.4 is 5.32 Å². The van der Waals surface area contributed by atoms with E-state index in [9.17, 15) is 9.90 Å². The third-order valence-corrected chi connectivity index (χ3v) is 3.11. The van der Waals surface area contributed by atoms with Gasteiger partial charge < -0.3 is 10.4 Å². The molecule has 6 nitrogen and oxygen atoms in total. The highest BCUT2D eigenvalue weighted by Crippen LogP contribution is 2.24. The van der Waals surface area contributed by atoms with Gasteiger partial charge in [0.2, 0.25) is 0 Å². The van der Waals surface area contributed by atoms with E-state index in [0.29, 0.717) is 6.54 Å². The number of nitrogens with one attached hydrogen (secondary N) is 2. The van der Waals surface area contributed by atoms with E-state index in [1.807, 2.05) is 13.8 Å². The van der Waals surface area contributed by atoms with Crippen LogP contribution >= 0.6 is 0 Å². The topological polar surface area (TPSA) is 90.9 Å². The lowest BCUT2D eigenvalue weighted by Crippen LogP contribution is -2.39. The predicted molar refractivity (Wildman–Crippen MR) is 58.8 cm³/mol. The molecule has 90 valence electrons. The summed E-state index contributed by atoms with van der Waals surface area (Å²) in [6, 6.07) is 0. The van der Waals surface area contributed by atoms with Crippen molar-refractivity contribution in [3.05, 3.63) is 11.9 Å². The van der Waals surface area contributed by atoms with Gasteiger partial charge in [-0.3, -0.25) is 4.79 Å². The molecule has 1 amide bonds. The van der Waals surface area contributed by atoms with Gasteiger partial charge in [0.15, 0.2) is 5.69 Å². The molecule has 1 heterocycles. The fraction of sp³-hybridized carbons (Fsp3) is 0.700. The summed E-state index contributed by atoms with van der Waals surface area (Å²) in [5.74, 6) is -0.270. The first-order valence-corrected chi connectivity index (χ1v) is 5.42. The van der Waals surface area contributed by atoms with E-state index < -0.39 is 0 Å². The van der Waals surface area contributed by atoms with Crippen LogP contribution in [0.4, 0.5) is 0 Å². The quantitative estimate of drug-likeness (QED) is 0.652. The molecule has 0 aliphatic heterocycles. The average molecular weight is 226 g/mol. The van der Waals surface area contributed by atoms with Crippen molar-refractivity contribution in [3.63, 3.8) is 0 Å². The van der Waals surface area contributed by atoms with Crippen LogP contribution in [0.5, 0.6) is 0 Å². The molecule has 6 heteroatoms. The molecular formula is C10H18N4O2. The molecule has 0 fully saturated rings. The van der Waals surface area contributed by atoms with Gasteiger partial charge >= 0.3 is 0 Å². The molecule has 0 bridgehead atoms. The zero-order chi connectivity index (χ0) is 12.0. The molecule has 0 aliphatic carbocycles. The van der Waals surface area contributed by atoms with Crippen LogP contribution in [0.1, 0.15) is 37.2 Å². The summed E-state index contributed by atoms with van der Waals surface area (Å²) in [6.45, 7) is 4.52. The first-order chi connectivity index (χ1) is 7.67. The molecule has 0 atom stereocenters. The van der Waals surface area contributed by atoms with Gasteiger partial charge in [0.05, 0.1) is 12.8 Å². The van der Waals surface area contributed by atoms with Crippen molar-refractivity contribution < 1.29 is 9.90 Å². The van der Waals surface area contributed by atoms with E-state index in [1.54, 1.807) is 0 Å². The number of nitrogens with zero attached hydrogens (tertiary/aromatic N) is 2. The maximum atomic E-state index is 11.6. The maximum absolute atomic E-state index is 11.6. The summed E-state index contributed by atoms with van der Waals surface area (Å²) < 4.78 is 0. The fourth-order valence-corrected chi connectivity index (χ4v) is 1.45. The van der Waals surface area contributed by atoms with Crippen LogP contribution in [0.25, 0.3) is 0 Å². The molecule has 16 heavy (non-hydrogen) atoms. The lowest BCUT2D eigenvalue weighted by molar-refractivity contribution is 0.0847. The standard InChI is InChI=1S/C10H18N4O2/c1-3-10(4-2,7-15)6-11-9(16)8-5-12-14-13-8/h5,15H,3-4,6-7H2,1-2H3,(H,11,16)(H,12,13,14). The zero-order valence-electron chi connectivity index (χ0n) is 9.66. The Morgan fingerprint density at radius 2 is 2.25 bits per heavy atom. The van der Waals surface area contributed by atoms with Gasteiger partial charge in [0.25, 0.3) is 5.91 Å². The second-order valence-electron chi connectivity index (χ2n) is 3.90. The monoisotopic (exact) mass is 226 g/mol. The molecule has 0 saturated heterocycles. The van der Waals surface area contributed by atoms with Crippen molar-refractivity contribution in [1.82, 2.24) is 20.7 Å². The van der Waals surface area contributed by atoms with Gasteiger partial charge in [-0.15, -0.1) is 0 Å². The highest BCUT2D eigenvalue weighted by molar-refractivity contribution is 5.91. The van der Waals surface area contributed by atoms with E-state index in [1.165, 1.54) is 6.20 Å². The van der Waals surface area contributed by atoms with Crippen LogP contribution in [0, 0.1) is 5.41 Å². The minimum Gasteiger partial charge on any atom is -0.396 e. The molecular weight excluding hydrogens is 208 g/mol. The molecule has 0 saturated carbocycles.